The molecule has 1 amide bonds. The van der Waals surface area contributed by atoms with Gasteiger partial charge in [-0.2, -0.15) is 0 Å². The summed E-state index contributed by atoms with van der Waals surface area (Å²) in [7, 11) is 0. The number of carbonyl (C=O) groups is 1. The molecule has 18 heavy (non-hydrogen) atoms. The molecule has 92 valence electrons. The zero-order chi connectivity index (χ0) is 13.1. The maximum atomic E-state index is 11.8. The second-order valence-corrected chi connectivity index (χ2v) is 4.16. The molecule has 0 aliphatic rings. The van der Waals surface area contributed by atoms with Crippen molar-refractivity contribution in [3.05, 3.63) is 46.3 Å². The molecule has 1 aromatic carbocycles. The first kappa shape index (κ1) is 12.6. The summed E-state index contributed by atoms with van der Waals surface area (Å²) in [5.74, 6) is -0.478. The summed E-state index contributed by atoms with van der Waals surface area (Å²) in [4.78, 5) is 19.5. The molecule has 2 aromatic rings. The molecule has 0 radical (unpaired) electrons. The maximum absolute atomic E-state index is 11.8. The zero-order valence-electron chi connectivity index (χ0n) is 8.89. The summed E-state index contributed by atoms with van der Waals surface area (Å²) in [6.45, 7) is 0. The van der Waals surface area contributed by atoms with Gasteiger partial charge in [0.05, 0.1) is 18.0 Å². The lowest BCUT2D eigenvalue weighted by molar-refractivity contribution is 0.102. The molecule has 1 aromatic heterocycles. The Morgan fingerprint density at radius 3 is 2.67 bits per heavy atom. The van der Waals surface area contributed by atoms with Crippen molar-refractivity contribution in [3.8, 4) is 5.75 Å². The van der Waals surface area contributed by atoms with E-state index in [1.807, 2.05) is 0 Å². The van der Waals surface area contributed by atoms with Crippen LogP contribution in [0.5, 0.6) is 5.75 Å². The molecule has 0 aliphatic heterocycles. The SMILES string of the molecule is O=C(Nc1cnc(Cl)cn1)c1cc(Cl)ccc1O. The molecular formula is C11H7Cl2N3O2. The average Bonchev–Trinajstić information content (AvgIpc) is 2.35. The minimum atomic E-state index is -0.536. The molecule has 2 rings (SSSR count). The fourth-order valence-corrected chi connectivity index (χ4v) is 1.52. The number of aromatic hydroxyl groups is 1. The minimum absolute atomic E-state index is 0.0549. The number of phenols is 1. The smallest absolute Gasteiger partial charge is 0.260 e. The maximum Gasteiger partial charge on any atom is 0.260 e. The van der Waals surface area contributed by atoms with Gasteiger partial charge in [0.25, 0.3) is 5.91 Å². The molecule has 0 unspecified atom stereocenters. The van der Waals surface area contributed by atoms with Crippen molar-refractivity contribution in [2.75, 3.05) is 5.32 Å². The number of rotatable bonds is 2. The van der Waals surface area contributed by atoms with E-state index in [1.54, 1.807) is 0 Å². The monoisotopic (exact) mass is 283 g/mol. The summed E-state index contributed by atoms with van der Waals surface area (Å²) >= 11 is 11.3. The highest BCUT2D eigenvalue weighted by Gasteiger charge is 2.12. The Bertz CT molecular complexity index is 587. The predicted molar refractivity (Wildman–Crippen MR) is 68.1 cm³/mol. The molecule has 1 heterocycles. The van der Waals surface area contributed by atoms with Crippen molar-refractivity contribution >= 4 is 34.9 Å². The van der Waals surface area contributed by atoms with Crippen LogP contribution < -0.4 is 5.32 Å². The number of benzene rings is 1. The van der Waals surface area contributed by atoms with Crippen molar-refractivity contribution in [3.63, 3.8) is 0 Å². The van der Waals surface area contributed by atoms with E-state index < -0.39 is 5.91 Å². The van der Waals surface area contributed by atoms with Gasteiger partial charge in [0.2, 0.25) is 0 Å². The molecule has 7 heteroatoms. The Morgan fingerprint density at radius 1 is 1.22 bits per heavy atom. The van der Waals surface area contributed by atoms with E-state index in [9.17, 15) is 9.90 Å². The number of anilines is 1. The van der Waals surface area contributed by atoms with E-state index in [-0.39, 0.29) is 22.3 Å². The minimum Gasteiger partial charge on any atom is -0.507 e. The third kappa shape index (κ3) is 2.88. The lowest BCUT2D eigenvalue weighted by Gasteiger charge is -2.06. The van der Waals surface area contributed by atoms with E-state index in [1.165, 1.54) is 30.6 Å². The van der Waals surface area contributed by atoms with Gasteiger partial charge >= 0.3 is 0 Å². The molecule has 0 saturated heterocycles. The van der Waals surface area contributed by atoms with Crippen molar-refractivity contribution in [2.45, 2.75) is 0 Å². The first-order valence-electron chi connectivity index (χ1n) is 4.83. The van der Waals surface area contributed by atoms with Crippen LogP contribution in [0, 0.1) is 0 Å². The van der Waals surface area contributed by atoms with Gasteiger partial charge in [-0.1, -0.05) is 23.2 Å². The van der Waals surface area contributed by atoms with E-state index in [4.69, 9.17) is 23.2 Å². The van der Waals surface area contributed by atoms with Gasteiger partial charge in [-0.25, -0.2) is 9.97 Å². The van der Waals surface area contributed by atoms with Gasteiger partial charge in [-0.3, -0.25) is 4.79 Å². The van der Waals surface area contributed by atoms with Gasteiger partial charge in [-0.15, -0.1) is 0 Å². The second kappa shape index (κ2) is 5.20. The second-order valence-electron chi connectivity index (χ2n) is 3.34. The molecular weight excluding hydrogens is 277 g/mol. The lowest BCUT2D eigenvalue weighted by atomic mass is 10.2. The van der Waals surface area contributed by atoms with E-state index in [0.717, 1.165) is 0 Å². The zero-order valence-corrected chi connectivity index (χ0v) is 10.4. The summed E-state index contributed by atoms with van der Waals surface area (Å²) in [6, 6.07) is 4.18. The molecule has 5 nitrogen and oxygen atoms in total. The average molecular weight is 284 g/mol. The van der Waals surface area contributed by atoms with Crippen LogP contribution in [0.3, 0.4) is 0 Å². The van der Waals surface area contributed by atoms with Crippen molar-refractivity contribution in [2.24, 2.45) is 0 Å². The van der Waals surface area contributed by atoms with Crippen LogP contribution >= 0.6 is 23.2 Å². The number of hydrogen-bond donors (Lipinski definition) is 2. The highest BCUT2D eigenvalue weighted by Crippen LogP contribution is 2.22. The Balaban J connectivity index is 2.21. The predicted octanol–water partition coefficient (Wildman–Crippen LogP) is 2.74. The van der Waals surface area contributed by atoms with E-state index in [0.29, 0.717) is 5.02 Å². The summed E-state index contributed by atoms with van der Waals surface area (Å²) in [5.41, 5.74) is 0.0549. The number of halogens is 2. The first-order valence-corrected chi connectivity index (χ1v) is 5.59. The highest BCUT2D eigenvalue weighted by molar-refractivity contribution is 6.31. The summed E-state index contributed by atoms with van der Waals surface area (Å²) in [6.07, 6.45) is 2.61. The Labute approximate surface area is 112 Å². The van der Waals surface area contributed by atoms with Crippen LogP contribution in [0.25, 0.3) is 0 Å². The molecule has 0 fully saturated rings. The van der Waals surface area contributed by atoms with Gasteiger partial charge in [0.1, 0.15) is 10.9 Å². The lowest BCUT2D eigenvalue weighted by Crippen LogP contribution is -2.13. The van der Waals surface area contributed by atoms with Crippen LogP contribution in [-0.4, -0.2) is 21.0 Å². The molecule has 0 aliphatic carbocycles. The molecule has 2 N–H and O–H groups in total. The Hall–Kier alpha value is -1.85. The quantitative estimate of drug-likeness (QED) is 0.889. The fourth-order valence-electron chi connectivity index (χ4n) is 1.25. The number of aromatic nitrogens is 2. The normalized spacial score (nSPS) is 10.1. The highest BCUT2D eigenvalue weighted by atomic mass is 35.5. The van der Waals surface area contributed by atoms with Crippen molar-refractivity contribution < 1.29 is 9.90 Å². The molecule has 0 saturated carbocycles. The topological polar surface area (TPSA) is 75.1 Å². The largest absolute Gasteiger partial charge is 0.507 e. The molecule has 0 spiro atoms. The number of carbonyl (C=O) groups excluding carboxylic acids is 1. The standard InChI is InChI=1S/C11H7Cl2N3O2/c12-6-1-2-8(17)7(3-6)11(18)16-10-5-14-9(13)4-15-10/h1-5,17H,(H,15,16,18). The van der Waals surface area contributed by atoms with Crippen LogP contribution in [0.2, 0.25) is 10.2 Å². The van der Waals surface area contributed by atoms with Gasteiger partial charge < -0.3 is 10.4 Å². The Morgan fingerprint density at radius 2 is 2.00 bits per heavy atom. The van der Waals surface area contributed by atoms with Gasteiger partial charge in [-0.05, 0) is 18.2 Å². The third-order valence-corrected chi connectivity index (χ3v) is 2.50. The first-order chi connectivity index (χ1) is 8.56. The summed E-state index contributed by atoms with van der Waals surface area (Å²) < 4.78 is 0. The number of nitrogens with zero attached hydrogens (tertiary/aromatic N) is 2. The van der Waals surface area contributed by atoms with E-state index in [2.05, 4.69) is 15.3 Å². The van der Waals surface area contributed by atoms with Gasteiger partial charge in [0, 0.05) is 5.02 Å². The number of phenolic OH excluding ortho intramolecular Hbond substituents is 1. The third-order valence-electron chi connectivity index (χ3n) is 2.07. The van der Waals surface area contributed by atoms with Crippen molar-refractivity contribution in [1.29, 1.82) is 0 Å². The number of nitrogens with one attached hydrogen (secondary N) is 1. The fraction of sp³-hybridized carbons (Fsp3) is 0. The van der Waals surface area contributed by atoms with Gasteiger partial charge in [0.15, 0.2) is 5.82 Å². The summed E-state index contributed by atoms with van der Waals surface area (Å²) in [5, 5.41) is 12.6. The molecule has 0 bridgehead atoms. The van der Waals surface area contributed by atoms with Crippen LogP contribution in [0.15, 0.2) is 30.6 Å². The molecule has 0 atom stereocenters. The Kier molecular flexibility index (Phi) is 3.64. The van der Waals surface area contributed by atoms with Crippen LogP contribution in [0.4, 0.5) is 5.82 Å². The van der Waals surface area contributed by atoms with E-state index >= 15 is 0 Å². The number of amides is 1. The number of hydrogen-bond acceptors (Lipinski definition) is 4. The van der Waals surface area contributed by atoms with Crippen LogP contribution in [0.1, 0.15) is 10.4 Å². The van der Waals surface area contributed by atoms with Crippen LogP contribution in [-0.2, 0) is 0 Å². The van der Waals surface area contributed by atoms with Crippen molar-refractivity contribution in [1.82, 2.24) is 9.97 Å².